The summed E-state index contributed by atoms with van der Waals surface area (Å²) in [6, 6.07) is 3.16. The maximum Gasteiger partial charge on any atom is 0.142 e. The summed E-state index contributed by atoms with van der Waals surface area (Å²) in [7, 11) is 0. The smallest absolute Gasteiger partial charge is 0.142 e. The predicted octanol–water partition coefficient (Wildman–Crippen LogP) is 3.56. The Kier molecular flexibility index (Phi) is 3.47. The van der Waals surface area contributed by atoms with Crippen molar-refractivity contribution in [1.82, 2.24) is 15.0 Å². The molecule has 2 rings (SSSR count). The molecule has 0 radical (unpaired) electrons. The van der Waals surface area contributed by atoms with E-state index in [4.69, 9.17) is 0 Å². The zero-order chi connectivity index (χ0) is 12.4. The molecule has 88 valence electrons. The van der Waals surface area contributed by atoms with Gasteiger partial charge in [-0.15, -0.1) is 0 Å². The molecule has 0 saturated carbocycles. The van der Waals surface area contributed by atoms with Crippen molar-refractivity contribution in [3.63, 3.8) is 0 Å². The average Bonchev–Trinajstić information content (AvgIpc) is 2.28. The minimum atomic E-state index is -0.372. The van der Waals surface area contributed by atoms with Crippen molar-refractivity contribution in [2.45, 2.75) is 19.8 Å². The van der Waals surface area contributed by atoms with Crippen LogP contribution in [0.25, 0.3) is 11.3 Å². The molecule has 2 aromatic heterocycles. The van der Waals surface area contributed by atoms with Crippen molar-refractivity contribution in [2.24, 2.45) is 0 Å². The van der Waals surface area contributed by atoms with Crippen LogP contribution in [0.4, 0.5) is 4.39 Å². The Labute approximate surface area is 107 Å². The largest absolute Gasteiger partial charge is 0.261 e. The van der Waals surface area contributed by atoms with E-state index in [1.165, 1.54) is 12.3 Å². The molecule has 0 bridgehead atoms. The molecule has 0 aliphatic carbocycles. The molecule has 5 heteroatoms. The highest BCUT2D eigenvalue weighted by Crippen LogP contribution is 2.22. The highest BCUT2D eigenvalue weighted by atomic mass is 79.9. The highest BCUT2D eigenvalue weighted by Gasteiger charge is 2.09. The van der Waals surface area contributed by atoms with Crippen molar-refractivity contribution >= 4 is 15.9 Å². The molecule has 0 atom stereocenters. The molecule has 0 spiro atoms. The van der Waals surface area contributed by atoms with E-state index >= 15 is 0 Å². The first-order valence-electron chi connectivity index (χ1n) is 5.21. The van der Waals surface area contributed by atoms with Gasteiger partial charge in [0.05, 0.1) is 11.9 Å². The number of rotatable bonds is 2. The van der Waals surface area contributed by atoms with E-state index in [9.17, 15) is 4.39 Å². The van der Waals surface area contributed by atoms with Crippen molar-refractivity contribution in [3.8, 4) is 11.3 Å². The second kappa shape index (κ2) is 4.87. The molecule has 0 fully saturated rings. The minimum Gasteiger partial charge on any atom is -0.261 e. The summed E-state index contributed by atoms with van der Waals surface area (Å²) in [5.41, 5.74) is 1.32. The van der Waals surface area contributed by atoms with Gasteiger partial charge in [0.15, 0.2) is 0 Å². The number of hydrogen-bond donors (Lipinski definition) is 0. The zero-order valence-corrected chi connectivity index (χ0v) is 11.1. The van der Waals surface area contributed by atoms with Crippen LogP contribution >= 0.6 is 15.9 Å². The van der Waals surface area contributed by atoms with Gasteiger partial charge in [0, 0.05) is 17.7 Å². The van der Waals surface area contributed by atoms with Gasteiger partial charge >= 0.3 is 0 Å². The third-order valence-electron chi connectivity index (χ3n) is 2.23. The lowest BCUT2D eigenvalue weighted by Crippen LogP contribution is -1.99. The van der Waals surface area contributed by atoms with Gasteiger partial charge in [-0.1, -0.05) is 13.8 Å². The molecule has 0 aliphatic heterocycles. The van der Waals surface area contributed by atoms with Crippen LogP contribution in [0.15, 0.2) is 29.1 Å². The van der Waals surface area contributed by atoms with Crippen LogP contribution in [0.1, 0.15) is 25.6 Å². The molecule has 0 aliphatic rings. The van der Waals surface area contributed by atoms with Gasteiger partial charge in [-0.3, -0.25) is 4.98 Å². The van der Waals surface area contributed by atoms with Crippen molar-refractivity contribution < 1.29 is 4.39 Å². The van der Waals surface area contributed by atoms with Gasteiger partial charge in [-0.05, 0) is 28.1 Å². The van der Waals surface area contributed by atoms with Crippen molar-refractivity contribution in [2.75, 3.05) is 0 Å². The highest BCUT2D eigenvalue weighted by molar-refractivity contribution is 9.10. The standard InChI is InChI=1S/C12H11BrFN3/c1-7(2)12-16-10(4-11(13)17-12)8-3-9(14)6-15-5-8/h3-7H,1-2H3. The van der Waals surface area contributed by atoms with Crippen molar-refractivity contribution in [1.29, 1.82) is 0 Å². The zero-order valence-electron chi connectivity index (χ0n) is 9.48. The Morgan fingerprint density at radius 1 is 1.18 bits per heavy atom. The summed E-state index contributed by atoms with van der Waals surface area (Å²) < 4.78 is 13.8. The van der Waals surface area contributed by atoms with Crippen LogP contribution in [0.3, 0.4) is 0 Å². The first-order chi connectivity index (χ1) is 8.06. The summed E-state index contributed by atoms with van der Waals surface area (Å²) in [6.45, 7) is 4.02. The van der Waals surface area contributed by atoms with Gasteiger partial charge < -0.3 is 0 Å². The molecule has 0 N–H and O–H groups in total. The molecule has 0 saturated heterocycles. The van der Waals surface area contributed by atoms with Gasteiger partial charge in [0.25, 0.3) is 0 Å². The number of halogens is 2. The molecule has 0 unspecified atom stereocenters. The van der Waals surface area contributed by atoms with Gasteiger partial charge in [-0.25, -0.2) is 14.4 Å². The van der Waals surface area contributed by atoms with Crippen LogP contribution in [0, 0.1) is 5.82 Å². The minimum absolute atomic E-state index is 0.216. The molecule has 0 aromatic carbocycles. The Morgan fingerprint density at radius 2 is 1.94 bits per heavy atom. The van der Waals surface area contributed by atoms with Gasteiger partial charge in [-0.2, -0.15) is 0 Å². The predicted molar refractivity (Wildman–Crippen MR) is 67.0 cm³/mol. The summed E-state index contributed by atoms with van der Waals surface area (Å²) in [6.07, 6.45) is 2.76. The van der Waals surface area contributed by atoms with Crippen LogP contribution in [0.2, 0.25) is 0 Å². The van der Waals surface area contributed by atoms with E-state index in [2.05, 4.69) is 30.9 Å². The average molecular weight is 296 g/mol. The topological polar surface area (TPSA) is 38.7 Å². The number of pyridine rings is 1. The number of nitrogens with zero attached hydrogens (tertiary/aromatic N) is 3. The summed E-state index contributed by atoms with van der Waals surface area (Å²) in [5.74, 6) is 0.565. The van der Waals surface area contributed by atoms with Crippen LogP contribution in [0.5, 0.6) is 0 Å². The lowest BCUT2D eigenvalue weighted by molar-refractivity contribution is 0.622. The lowest BCUT2D eigenvalue weighted by atomic mass is 10.1. The third kappa shape index (κ3) is 2.85. The van der Waals surface area contributed by atoms with Crippen LogP contribution in [-0.2, 0) is 0 Å². The molecular formula is C12H11BrFN3. The second-order valence-electron chi connectivity index (χ2n) is 3.98. The fourth-order valence-electron chi connectivity index (χ4n) is 1.39. The Balaban J connectivity index is 2.52. The first-order valence-corrected chi connectivity index (χ1v) is 6.01. The molecule has 3 nitrogen and oxygen atoms in total. The summed E-state index contributed by atoms with van der Waals surface area (Å²) in [4.78, 5) is 12.5. The van der Waals surface area contributed by atoms with E-state index in [1.54, 1.807) is 12.3 Å². The first kappa shape index (κ1) is 12.1. The van der Waals surface area contributed by atoms with Gasteiger partial charge in [0.2, 0.25) is 0 Å². The van der Waals surface area contributed by atoms with Crippen molar-refractivity contribution in [3.05, 3.63) is 40.8 Å². The monoisotopic (exact) mass is 295 g/mol. The molecule has 0 amide bonds. The number of hydrogen-bond acceptors (Lipinski definition) is 3. The van der Waals surface area contributed by atoms with E-state index < -0.39 is 0 Å². The lowest BCUT2D eigenvalue weighted by Gasteiger charge is -2.07. The third-order valence-corrected chi connectivity index (χ3v) is 2.64. The Hall–Kier alpha value is -1.36. The maximum absolute atomic E-state index is 13.1. The number of aromatic nitrogens is 3. The molecule has 2 aromatic rings. The summed E-state index contributed by atoms with van der Waals surface area (Å²) >= 11 is 3.33. The SMILES string of the molecule is CC(C)c1nc(Br)cc(-c2cncc(F)c2)n1. The fraction of sp³-hybridized carbons (Fsp3) is 0.250. The molecule has 2 heterocycles. The van der Waals surface area contributed by atoms with Crippen LogP contribution < -0.4 is 0 Å². The molecule has 17 heavy (non-hydrogen) atoms. The Bertz CT molecular complexity index is 543. The van der Waals surface area contributed by atoms with E-state index in [0.717, 1.165) is 5.82 Å². The normalized spacial score (nSPS) is 10.9. The van der Waals surface area contributed by atoms with Crippen LogP contribution in [-0.4, -0.2) is 15.0 Å². The fourth-order valence-corrected chi connectivity index (χ4v) is 1.79. The summed E-state index contributed by atoms with van der Waals surface area (Å²) in [5, 5.41) is 0. The van der Waals surface area contributed by atoms with E-state index in [-0.39, 0.29) is 11.7 Å². The maximum atomic E-state index is 13.1. The molecular weight excluding hydrogens is 285 g/mol. The van der Waals surface area contributed by atoms with E-state index in [1.807, 2.05) is 13.8 Å². The Morgan fingerprint density at radius 3 is 2.59 bits per heavy atom. The van der Waals surface area contributed by atoms with E-state index in [0.29, 0.717) is 15.9 Å². The quantitative estimate of drug-likeness (QED) is 0.795. The second-order valence-corrected chi connectivity index (χ2v) is 4.79. The van der Waals surface area contributed by atoms with Gasteiger partial charge in [0.1, 0.15) is 16.2 Å².